The minimum Gasteiger partial charge on any atom is -0.368 e. The van der Waals surface area contributed by atoms with Crippen molar-refractivity contribution in [3.05, 3.63) is 29.8 Å². The van der Waals surface area contributed by atoms with Gasteiger partial charge in [-0.15, -0.1) is 0 Å². The summed E-state index contributed by atoms with van der Waals surface area (Å²) < 4.78 is 0. The van der Waals surface area contributed by atoms with Gasteiger partial charge < -0.3 is 9.80 Å². The molecule has 4 rings (SSSR count). The van der Waals surface area contributed by atoms with Crippen LogP contribution >= 0.6 is 0 Å². The third-order valence-electron chi connectivity index (χ3n) is 6.40. The minimum absolute atomic E-state index is 0.312. The van der Waals surface area contributed by atoms with E-state index in [1.807, 2.05) is 0 Å². The predicted molar refractivity (Wildman–Crippen MR) is 106 cm³/mol. The zero-order valence-corrected chi connectivity index (χ0v) is 16.2. The molecule has 1 aromatic carbocycles. The lowest BCUT2D eigenvalue weighted by molar-refractivity contribution is -0.134. The second-order valence-corrected chi connectivity index (χ2v) is 8.28. The van der Waals surface area contributed by atoms with Gasteiger partial charge in [-0.2, -0.15) is 0 Å². The van der Waals surface area contributed by atoms with Gasteiger partial charge in [0.15, 0.2) is 0 Å². The smallest absolute Gasteiger partial charge is 0.236 e. The van der Waals surface area contributed by atoms with Crippen LogP contribution in [0.25, 0.3) is 0 Å². The van der Waals surface area contributed by atoms with E-state index >= 15 is 0 Å². The van der Waals surface area contributed by atoms with Crippen molar-refractivity contribution >= 4 is 11.6 Å². The number of hydrogen-bond donors (Lipinski definition) is 0. The molecule has 5 heteroatoms. The Morgan fingerprint density at radius 3 is 2.69 bits per heavy atom. The van der Waals surface area contributed by atoms with Crippen LogP contribution in [0.3, 0.4) is 0 Å². The van der Waals surface area contributed by atoms with E-state index in [0.717, 1.165) is 39.3 Å². The predicted octanol–water partition coefficient (Wildman–Crippen LogP) is 1.81. The number of amides is 1. The van der Waals surface area contributed by atoms with E-state index in [1.54, 1.807) is 0 Å². The summed E-state index contributed by atoms with van der Waals surface area (Å²) in [6.45, 7) is 12.0. The first-order chi connectivity index (χ1) is 12.6. The van der Waals surface area contributed by atoms with Crippen molar-refractivity contribution in [2.24, 2.45) is 0 Å². The highest BCUT2D eigenvalue weighted by atomic mass is 16.2. The number of fused-ring (bicyclic) bond motifs is 1. The fourth-order valence-corrected chi connectivity index (χ4v) is 4.78. The van der Waals surface area contributed by atoms with Crippen LogP contribution in [-0.4, -0.2) is 85.0 Å². The van der Waals surface area contributed by atoms with Crippen LogP contribution in [-0.2, 0) is 4.79 Å². The Hall–Kier alpha value is -1.59. The largest absolute Gasteiger partial charge is 0.368 e. The Balaban J connectivity index is 1.29. The number of anilines is 1. The van der Waals surface area contributed by atoms with Gasteiger partial charge in [-0.05, 0) is 50.9 Å². The van der Waals surface area contributed by atoms with Crippen molar-refractivity contribution < 1.29 is 4.79 Å². The molecule has 3 heterocycles. The maximum absolute atomic E-state index is 12.9. The lowest BCUT2D eigenvalue weighted by Crippen LogP contribution is -2.58. The number of rotatable bonds is 3. The van der Waals surface area contributed by atoms with E-state index in [1.165, 1.54) is 30.6 Å². The van der Waals surface area contributed by atoms with Crippen molar-refractivity contribution in [2.45, 2.75) is 38.8 Å². The highest BCUT2D eigenvalue weighted by Crippen LogP contribution is 2.24. The van der Waals surface area contributed by atoms with Gasteiger partial charge in [-0.25, -0.2) is 0 Å². The lowest BCUT2D eigenvalue weighted by Gasteiger charge is -2.43. The molecule has 0 saturated carbocycles. The monoisotopic (exact) mass is 356 g/mol. The summed E-state index contributed by atoms with van der Waals surface area (Å²) in [5.74, 6) is 0.312. The van der Waals surface area contributed by atoms with Gasteiger partial charge in [0.2, 0.25) is 5.91 Å². The topological polar surface area (TPSA) is 30.0 Å². The van der Waals surface area contributed by atoms with Crippen LogP contribution in [0.5, 0.6) is 0 Å². The standard InChI is InChI=1S/C21H32N4O/c1-17-5-3-6-19(13-17)22-9-11-23(12-10-22)21(26)16-25-15-20-7-4-8-24(20)14-18(25)2/h3,5-6,13,18,20H,4,7-12,14-16H2,1-2H3/t18-,20-/m1/s1. The average Bonchev–Trinajstić information content (AvgIpc) is 3.09. The van der Waals surface area contributed by atoms with Crippen molar-refractivity contribution in [1.29, 1.82) is 0 Å². The normalized spacial score (nSPS) is 27.6. The number of aryl methyl sites for hydroxylation is 1. The van der Waals surface area contributed by atoms with Gasteiger partial charge in [0.1, 0.15) is 0 Å². The van der Waals surface area contributed by atoms with E-state index in [9.17, 15) is 4.79 Å². The molecule has 0 spiro atoms. The number of carbonyl (C=O) groups excluding carboxylic acids is 1. The summed E-state index contributed by atoms with van der Waals surface area (Å²) >= 11 is 0. The molecule has 0 unspecified atom stereocenters. The zero-order valence-electron chi connectivity index (χ0n) is 16.2. The molecular weight excluding hydrogens is 324 g/mol. The third kappa shape index (κ3) is 3.74. The fraction of sp³-hybridized carbons (Fsp3) is 0.667. The lowest BCUT2D eigenvalue weighted by atomic mass is 10.1. The maximum Gasteiger partial charge on any atom is 0.236 e. The van der Waals surface area contributed by atoms with Crippen molar-refractivity contribution in [2.75, 3.05) is 57.3 Å². The van der Waals surface area contributed by atoms with Gasteiger partial charge in [-0.1, -0.05) is 12.1 Å². The molecule has 1 amide bonds. The number of benzene rings is 1. The molecule has 0 bridgehead atoms. The van der Waals surface area contributed by atoms with Gasteiger partial charge in [0.05, 0.1) is 6.54 Å². The van der Waals surface area contributed by atoms with Crippen LogP contribution in [0.2, 0.25) is 0 Å². The summed E-state index contributed by atoms with van der Waals surface area (Å²) in [4.78, 5) is 22.4. The molecule has 26 heavy (non-hydrogen) atoms. The number of piperazine rings is 2. The molecule has 3 aliphatic heterocycles. The highest BCUT2D eigenvalue weighted by molar-refractivity contribution is 5.78. The fourth-order valence-electron chi connectivity index (χ4n) is 4.78. The zero-order chi connectivity index (χ0) is 18.1. The quantitative estimate of drug-likeness (QED) is 0.826. The van der Waals surface area contributed by atoms with Crippen molar-refractivity contribution in [1.82, 2.24) is 14.7 Å². The van der Waals surface area contributed by atoms with E-state index < -0.39 is 0 Å². The maximum atomic E-state index is 12.9. The molecule has 2 atom stereocenters. The Bertz CT molecular complexity index is 641. The Morgan fingerprint density at radius 1 is 1.12 bits per heavy atom. The third-order valence-corrected chi connectivity index (χ3v) is 6.40. The van der Waals surface area contributed by atoms with Crippen LogP contribution in [0.15, 0.2) is 24.3 Å². The number of nitrogens with zero attached hydrogens (tertiary/aromatic N) is 4. The highest BCUT2D eigenvalue weighted by Gasteiger charge is 2.35. The molecule has 3 fully saturated rings. The van der Waals surface area contributed by atoms with Crippen molar-refractivity contribution in [3.63, 3.8) is 0 Å². The summed E-state index contributed by atoms with van der Waals surface area (Å²) in [5, 5.41) is 0. The van der Waals surface area contributed by atoms with Gasteiger partial charge in [0.25, 0.3) is 0 Å². The van der Waals surface area contributed by atoms with E-state index in [2.05, 4.69) is 57.7 Å². The second kappa shape index (κ2) is 7.57. The van der Waals surface area contributed by atoms with Gasteiger partial charge in [-0.3, -0.25) is 14.6 Å². The number of hydrogen-bond acceptors (Lipinski definition) is 4. The molecule has 3 aliphatic rings. The molecule has 5 nitrogen and oxygen atoms in total. The van der Waals surface area contributed by atoms with Crippen molar-refractivity contribution in [3.8, 4) is 0 Å². The van der Waals surface area contributed by atoms with Crippen LogP contribution < -0.4 is 4.90 Å². The van der Waals surface area contributed by atoms with Crippen LogP contribution in [0.4, 0.5) is 5.69 Å². The molecule has 0 radical (unpaired) electrons. The summed E-state index contributed by atoms with van der Waals surface area (Å²) in [7, 11) is 0. The van der Waals surface area contributed by atoms with Gasteiger partial charge >= 0.3 is 0 Å². The molecule has 142 valence electrons. The van der Waals surface area contributed by atoms with E-state index in [0.29, 0.717) is 24.5 Å². The van der Waals surface area contributed by atoms with Crippen LogP contribution in [0, 0.1) is 6.92 Å². The second-order valence-electron chi connectivity index (χ2n) is 8.28. The Kier molecular flexibility index (Phi) is 5.18. The molecule has 0 aromatic heterocycles. The summed E-state index contributed by atoms with van der Waals surface area (Å²) in [6, 6.07) is 9.83. The SMILES string of the molecule is Cc1cccc(N2CCN(C(=O)CN3C[C@H]4CCCN4C[C@H]3C)CC2)c1. The van der Waals surface area contributed by atoms with E-state index in [4.69, 9.17) is 0 Å². The van der Waals surface area contributed by atoms with E-state index in [-0.39, 0.29) is 0 Å². The summed E-state index contributed by atoms with van der Waals surface area (Å²) in [6.07, 6.45) is 2.62. The van der Waals surface area contributed by atoms with Gasteiger partial charge in [0, 0.05) is 57.0 Å². The summed E-state index contributed by atoms with van der Waals surface area (Å²) in [5.41, 5.74) is 2.57. The minimum atomic E-state index is 0.312. The molecule has 0 aliphatic carbocycles. The number of carbonyl (C=O) groups is 1. The molecular formula is C21H32N4O. The first-order valence-electron chi connectivity index (χ1n) is 10.2. The molecule has 3 saturated heterocycles. The average molecular weight is 357 g/mol. The Morgan fingerprint density at radius 2 is 1.92 bits per heavy atom. The first kappa shape index (κ1) is 17.8. The van der Waals surface area contributed by atoms with Crippen LogP contribution in [0.1, 0.15) is 25.3 Å². The Labute approximate surface area is 157 Å². The molecule has 0 N–H and O–H groups in total. The molecule has 1 aromatic rings. The first-order valence-corrected chi connectivity index (χ1v) is 10.2.